The summed E-state index contributed by atoms with van der Waals surface area (Å²) in [7, 11) is 1.67. The van der Waals surface area contributed by atoms with Crippen molar-refractivity contribution in [2.24, 2.45) is 5.73 Å². The van der Waals surface area contributed by atoms with Gasteiger partial charge in [-0.15, -0.1) is 0 Å². The number of hydrogen-bond donors (Lipinski definition) is 1. The summed E-state index contributed by atoms with van der Waals surface area (Å²) in [4.78, 5) is 4.41. The highest BCUT2D eigenvalue weighted by molar-refractivity contribution is 5.58. The van der Waals surface area contributed by atoms with Gasteiger partial charge in [0.15, 0.2) is 5.82 Å². The van der Waals surface area contributed by atoms with Crippen molar-refractivity contribution in [3.05, 3.63) is 35.7 Å². The molecule has 5 nitrogen and oxygen atoms in total. The van der Waals surface area contributed by atoms with Crippen LogP contribution >= 0.6 is 0 Å². The van der Waals surface area contributed by atoms with Crippen LogP contribution in [0.4, 0.5) is 0 Å². The van der Waals surface area contributed by atoms with E-state index in [9.17, 15) is 0 Å². The molecule has 0 amide bonds. The molecule has 102 valence electrons. The van der Waals surface area contributed by atoms with Crippen LogP contribution < -0.4 is 5.73 Å². The molecule has 0 spiro atoms. The van der Waals surface area contributed by atoms with E-state index in [1.54, 1.807) is 7.11 Å². The second-order valence-electron chi connectivity index (χ2n) is 4.46. The molecule has 0 aliphatic carbocycles. The Kier molecular flexibility index (Phi) is 4.65. The topological polar surface area (TPSA) is 74.2 Å². The van der Waals surface area contributed by atoms with Gasteiger partial charge in [-0.1, -0.05) is 23.4 Å². The van der Waals surface area contributed by atoms with Crippen LogP contribution in [0, 0.1) is 0 Å². The van der Waals surface area contributed by atoms with Crippen LogP contribution in [0.1, 0.15) is 18.3 Å². The Labute approximate surface area is 112 Å². The van der Waals surface area contributed by atoms with Gasteiger partial charge >= 0.3 is 0 Å². The Balaban J connectivity index is 2.22. The largest absolute Gasteiger partial charge is 0.381 e. The maximum atomic E-state index is 5.61. The van der Waals surface area contributed by atoms with Crippen LogP contribution in [0.25, 0.3) is 11.5 Å². The lowest BCUT2D eigenvalue weighted by atomic mass is 10.0. The van der Waals surface area contributed by atoms with Gasteiger partial charge in [0.05, 0.1) is 6.10 Å². The molecule has 2 aromatic rings. The van der Waals surface area contributed by atoms with Crippen molar-refractivity contribution in [2.45, 2.75) is 25.9 Å². The third-order valence-corrected chi connectivity index (χ3v) is 3.00. The molecule has 2 N–H and O–H groups in total. The maximum Gasteiger partial charge on any atom is 0.258 e. The SMILES string of the molecule is COC(C)Cc1noc(-c2ccccc2CCN)n1. The minimum Gasteiger partial charge on any atom is -0.381 e. The van der Waals surface area contributed by atoms with E-state index < -0.39 is 0 Å². The van der Waals surface area contributed by atoms with Crippen molar-refractivity contribution in [3.63, 3.8) is 0 Å². The lowest BCUT2D eigenvalue weighted by Gasteiger charge is -2.04. The van der Waals surface area contributed by atoms with Crippen LogP contribution in [0.3, 0.4) is 0 Å². The Morgan fingerprint density at radius 3 is 2.89 bits per heavy atom. The molecule has 0 aliphatic heterocycles. The van der Waals surface area contributed by atoms with Gasteiger partial charge in [-0.05, 0) is 31.5 Å². The summed E-state index contributed by atoms with van der Waals surface area (Å²) in [6, 6.07) is 7.95. The third-order valence-electron chi connectivity index (χ3n) is 3.00. The van der Waals surface area contributed by atoms with Gasteiger partial charge in [0.2, 0.25) is 0 Å². The van der Waals surface area contributed by atoms with Gasteiger partial charge in [0.1, 0.15) is 0 Å². The summed E-state index contributed by atoms with van der Waals surface area (Å²) in [6.45, 7) is 2.57. The summed E-state index contributed by atoms with van der Waals surface area (Å²) < 4.78 is 10.5. The number of aromatic nitrogens is 2. The molecule has 1 aromatic carbocycles. The lowest BCUT2D eigenvalue weighted by Crippen LogP contribution is -2.09. The number of ether oxygens (including phenoxy) is 1. The summed E-state index contributed by atoms with van der Waals surface area (Å²) in [5.74, 6) is 1.20. The van der Waals surface area contributed by atoms with Crippen molar-refractivity contribution in [1.29, 1.82) is 0 Å². The maximum absolute atomic E-state index is 5.61. The van der Waals surface area contributed by atoms with E-state index in [0.717, 1.165) is 17.5 Å². The molecule has 5 heteroatoms. The molecule has 0 fully saturated rings. The summed E-state index contributed by atoms with van der Waals surface area (Å²) in [6.07, 6.45) is 1.51. The van der Waals surface area contributed by atoms with Crippen LogP contribution in [0.15, 0.2) is 28.8 Å². The predicted molar refractivity (Wildman–Crippen MR) is 72.7 cm³/mol. The first kappa shape index (κ1) is 13.7. The molecule has 0 saturated heterocycles. The molecule has 0 bridgehead atoms. The molecular weight excluding hydrogens is 242 g/mol. The van der Waals surface area contributed by atoms with Gasteiger partial charge < -0.3 is 15.0 Å². The van der Waals surface area contributed by atoms with Gasteiger partial charge in [-0.3, -0.25) is 0 Å². The van der Waals surface area contributed by atoms with Gasteiger partial charge in [0, 0.05) is 19.1 Å². The summed E-state index contributed by atoms with van der Waals surface area (Å²) in [5.41, 5.74) is 7.69. The monoisotopic (exact) mass is 261 g/mol. The zero-order valence-corrected chi connectivity index (χ0v) is 11.3. The van der Waals surface area contributed by atoms with E-state index in [1.165, 1.54) is 0 Å². The van der Waals surface area contributed by atoms with E-state index in [1.807, 2.05) is 31.2 Å². The minimum absolute atomic E-state index is 0.0738. The van der Waals surface area contributed by atoms with Crippen LogP contribution in [0.5, 0.6) is 0 Å². The normalized spacial score (nSPS) is 12.6. The highest BCUT2D eigenvalue weighted by Gasteiger charge is 2.13. The average Bonchev–Trinajstić information content (AvgIpc) is 2.88. The van der Waals surface area contributed by atoms with Crippen molar-refractivity contribution in [3.8, 4) is 11.5 Å². The van der Waals surface area contributed by atoms with Gasteiger partial charge in [0.25, 0.3) is 5.89 Å². The second kappa shape index (κ2) is 6.45. The third kappa shape index (κ3) is 3.39. The fraction of sp³-hybridized carbons (Fsp3) is 0.429. The van der Waals surface area contributed by atoms with Crippen LogP contribution in [0.2, 0.25) is 0 Å². The standard InChI is InChI=1S/C14H19N3O2/c1-10(18-2)9-13-16-14(19-17-13)12-6-4-3-5-11(12)7-8-15/h3-6,10H,7-9,15H2,1-2H3. The molecular formula is C14H19N3O2. The van der Waals surface area contributed by atoms with Crippen LogP contribution in [-0.4, -0.2) is 29.9 Å². The Morgan fingerprint density at radius 1 is 1.37 bits per heavy atom. The van der Waals surface area contributed by atoms with E-state index in [-0.39, 0.29) is 6.10 Å². The highest BCUT2D eigenvalue weighted by Crippen LogP contribution is 2.22. The second-order valence-corrected chi connectivity index (χ2v) is 4.46. The van der Waals surface area contributed by atoms with E-state index in [4.69, 9.17) is 15.0 Å². The lowest BCUT2D eigenvalue weighted by molar-refractivity contribution is 0.116. The molecule has 1 atom stereocenters. The summed E-state index contributed by atoms with van der Waals surface area (Å²) in [5, 5.41) is 3.98. The number of methoxy groups -OCH3 is 1. The first-order valence-electron chi connectivity index (χ1n) is 6.38. The van der Waals surface area contributed by atoms with Crippen molar-refractivity contribution in [1.82, 2.24) is 10.1 Å². The van der Waals surface area contributed by atoms with E-state index >= 15 is 0 Å². The van der Waals surface area contributed by atoms with Gasteiger partial charge in [-0.2, -0.15) is 4.98 Å². The average molecular weight is 261 g/mol. The zero-order valence-electron chi connectivity index (χ0n) is 11.3. The number of nitrogens with zero attached hydrogens (tertiary/aromatic N) is 2. The minimum atomic E-state index is 0.0738. The zero-order chi connectivity index (χ0) is 13.7. The Morgan fingerprint density at radius 2 is 2.16 bits per heavy atom. The van der Waals surface area contributed by atoms with Gasteiger partial charge in [-0.25, -0.2) is 0 Å². The smallest absolute Gasteiger partial charge is 0.258 e. The number of rotatable bonds is 6. The molecule has 1 heterocycles. The molecule has 2 rings (SSSR count). The molecule has 0 radical (unpaired) electrons. The van der Waals surface area contributed by atoms with Crippen LogP contribution in [-0.2, 0) is 17.6 Å². The summed E-state index contributed by atoms with van der Waals surface area (Å²) >= 11 is 0. The number of nitrogens with two attached hydrogens (primary N) is 1. The van der Waals surface area contributed by atoms with E-state index in [0.29, 0.717) is 24.7 Å². The Hall–Kier alpha value is -1.72. The molecule has 0 aliphatic rings. The van der Waals surface area contributed by atoms with Crippen molar-refractivity contribution in [2.75, 3.05) is 13.7 Å². The Bertz CT molecular complexity index is 525. The molecule has 0 saturated carbocycles. The molecule has 19 heavy (non-hydrogen) atoms. The predicted octanol–water partition coefficient (Wildman–Crippen LogP) is 1.82. The van der Waals surface area contributed by atoms with Crippen molar-refractivity contribution < 1.29 is 9.26 Å². The first-order valence-corrected chi connectivity index (χ1v) is 6.38. The molecule has 1 unspecified atom stereocenters. The first-order chi connectivity index (χ1) is 9.24. The number of benzene rings is 1. The fourth-order valence-corrected chi connectivity index (χ4v) is 1.89. The number of hydrogen-bond acceptors (Lipinski definition) is 5. The van der Waals surface area contributed by atoms with E-state index in [2.05, 4.69) is 10.1 Å². The highest BCUT2D eigenvalue weighted by atomic mass is 16.5. The quantitative estimate of drug-likeness (QED) is 0.858. The fourth-order valence-electron chi connectivity index (χ4n) is 1.89. The van der Waals surface area contributed by atoms with Crippen molar-refractivity contribution >= 4 is 0 Å². The molecule has 1 aromatic heterocycles.